The Labute approximate surface area is 181 Å². The van der Waals surface area contributed by atoms with Crippen LogP contribution in [0, 0.1) is 20.8 Å². The van der Waals surface area contributed by atoms with E-state index in [-0.39, 0.29) is 0 Å². The van der Waals surface area contributed by atoms with Crippen LogP contribution in [-0.2, 0) is 0 Å². The Balaban J connectivity index is 0.000000225. The molecule has 3 heterocycles. The molecule has 0 aliphatic rings. The minimum atomic E-state index is 0.431. The van der Waals surface area contributed by atoms with Gasteiger partial charge in [0.05, 0.1) is 11.4 Å². The predicted molar refractivity (Wildman–Crippen MR) is 123 cm³/mol. The van der Waals surface area contributed by atoms with Crippen molar-refractivity contribution in [3.05, 3.63) is 71.3 Å². The van der Waals surface area contributed by atoms with Crippen LogP contribution in [-0.4, -0.2) is 29.9 Å². The highest BCUT2D eigenvalue weighted by Crippen LogP contribution is 2.10. The number of hydrogen-bond donors (Lipinski definition) is 0. The minimum Gasteiger partial charge on any atom is -0.258 e. The minimum absolute atomic E-state index is 0.431. The monoisotopic (exact) mass is 408 g/mol. The molecule has 162 valence electrons. The summed E-state index contributed by atoms with van der Waals surface area (Å²) in [5.74, 6) is 3.20. The summed E-state index contributed by atoms with van der Waals surface area (Å²) in [5, 5.41) is 0. The highest BCUT2D eigenvalue weighted by Gasteiger charge is 2.00. The molecule has 3 aromatic rings. The maximum absolute atomic E-state index is 4.22. The second kappa shape index (κ2) is 12.7. The van der Waals surface area contributed by atoms with E-state index in [2.05, 4.69) is 71.4 Å². The van der Waals surface area contributed by atoms with Gasteiger partial charge in [0.15, 0.2) is 0 Å². The molecule has 0 amide bonds. The molecule has 0 spiro atoms. The molecule has 0 unspecified atom stereocenters. The highest BCUT2D eigenvalue weighted by atomic mass is 14.9. The molecule has 0 N–H and O–H groups in total. The zero-order valence-corrected chi connectivity index (χ0v) is 19.9. The number of aryl methyl sites for hydroxylation is 3. The first-order chi connectivity index (χ1) is 14.1. The maximum atomic E-state index is 4.22. The standard InChI is InChI=1S/3C8H12N2/c1-6(2)8-4-9-7(3)10-5-8;1-6(2)8-5-9-7(3)4-10-8;1-6(2)8-9-4-7(3)5-10-8/h3*4-6H,1-3H3. The van der Waals surface area contributed by atoms with Gasteiger partial charge in [-0.1, -0.05) is 41.5 Å². The first-order valence-electron chi connectivity index (χ1n) is 10.5. The van der Waals surface area contributed by atoms with Crippen molar-refractivity contribution in [1.29, 1.82) is 0 Å². The summed E-state index contributed by atoms with van der Waals surface area (Å²) in [6, 6.07) is 0. The fourth-order valence-corrected chi connectivity index (χ4v) is 2.10. The van der Waals surface area contributed by atoms with E-state index >= 15 is 0 Å². The van der Waals surface area contributed by atoms with Crippen molar-refractivity contribution in [1.82, 2.24) is 29.9 Å². The van der Waals surface area contributed by atoms with Gasteiger partial charge in [-0.3, -0.25) is 9.97 Å². The van der Waals surface area contributed by atoms with Gasteiger partial charge in [0, 0.05) is 43.1 Å². The number of nitrogens with zero attached hydrogens (tertiary/aromatic N) is 6. The first kappa shape index (κ1) is 25.3. The molecule has 6 heteroatoms. The summed E-state index contributed by atoms with van der Waals surface area (Å²) < 4.78 is 0. The van der Waals surface area contributed by atoms with Gasteiger partial charge < -0.3 is 0 Å². The molecular weight excluding hydrogens is 372 g/mol. The third-order valence-electron chi connectivity index (χ3n) is 4.18. The molecule has 0 aromatic carbocycles. The molecule has 0 saturated carbocycles. The van der Waals surface area contributed by atoms with Crippen LogP contribution in [0.15, 0.2) is 37.2 Å². The smallest absolute Gasteiger partial charge is 0.130 e. The van der Waals surface area contributed by atoms with Crippen molar-refractivity contribution in [3.63, 3.8) is 0 Å². The van der Waals surface area contributed by atoms with Gasteiger partial charge in [-0.05, 0) is 43.7 Å². The second-order valence-electron chi connectivity index (χ2n) is 8.23. The molecule has 0 saturated heterocycles. The second-order valence-corrected chi connectivity index (χ2v) is 8.23. The van der Waals surface area contributed by atoms with E-state index in [9.17, 15) is 0 Å². The zero-order valence-electron chi connectivity index (χ0n) is 19.9. The Morgan fingerprint density at radius 2 is 1.10 bits per heavy atom. The molecular formula is C24H36N6. The molecule has 3 aromatic heterocycles. The van der Waals surface area contributed by atoms with E-state index < -0.39 is 0 Å². The molecule has 0 fully saturated rings. The lowest BCUT2D eigenvalue weighted by molar-refractivity contribution is 0.771. The molecule has 0 radical (unpaired) electrons. The fourth-order valence-electron chi connectivity index (χ4n) is 2.10. The van der Waals surface area contributed by atoms with E-state index in [1.54, 1.807) is 6.20 Å². The van der Waals surface area contributed by atoms with Gasteiger partial charge in [0.2, 0.25) is 0 Å². The SMILES string of the molecule is Cc1cnc(C(C)C)cn1.Cc1cnc(C(C)C)nc1.Cc1ncc(C(C)C)cn1. The van der Waals surface area contributed by atoms with E-state index in [0.717, 1.165) is 28.6 Å². The van der Waals surface area contributed by atoms with Gasteiger partial charge in [0.25, 0.3) is 0 Å². The van der Waals surface area contributed by atoms with Crippen LogP contribution in [0.3, 0.4) is 0 Å². The van der Waals surface area contributed by atoms with Crippen molar-refractivity contribution >= 4 is 0 Å². The van der Waals surface area contributed by atoms with Gasteiger partial charge in [-0.15, -0.1) is 0 Å². The molecule has 0 bridgehead atoms. The van der Waals surface area contributed by atoms with Gasteiger partial charge in [0.1, 0.15) is 11.6 Å². The normalized spacial score (nSPS) is 10.4. The Bertz CT molecular complexity index is 721. The quantitative estimate of drug-likeness (QED) is 0.551. The van der Waals surface area contributed by atoms with Crippen LogP contribution in [0.4, 0.5) is 0 Å². The van der Waals surface area contributed by atoms with Crippen LogP contribution in [0.2, 0.25) is 0 Å². The lowest BCUT2D eigenvalue weighted by Gasteiger charge is -2.01. The third-order valence-corrected chi connectivity index (χ3v) is 4.18. The highest BCUT2D eigenvalue weighted by molar-refractivity contribution is 5.09. The summed E-state index contributed by atoms with van der Waals surface area (Å²) in [6.45, 7) is 18.5. The lowest BCUT2D eigenvalue weighted by atomic mass is 10.1. The Morgan fingerprint density at radius 3 is 1.50 bits per heavy atom. The Hall–Kier alpha value is -2.76. The van der Waals surface area contributed by atoms with E-state index in [0.29, 0.717) is 17.8 Å². The zero-order chi connectivity index (χ0) is 22.7. The summed E-state index contributed by atoms with van der Waals surface area (Å²) >= 11 is 0. The summed E-state index contributed by atoms with van der Waals surface area (Å²) in [6.07, 6.45) is 11.1. The van der Waals surface area contributed by atoms with E-state index in [4.69, 9.17) is 0 Å². The first-order valence-corrected chi connectivity index (χ1v) is 10.5. The molecule has 6 nitrogen and oxygen atoms in total. The van der Waals surface area contributed by atoms with Gasteiger partial charge in [-0.2, -0.15) is 0 Å². The topological polar surface area (TPSA) is 77.3 Å². The van der Waals surface area contributed by atoms with Crippen molar-refractivity contribution < 1.29 is 0 Å². The van der Waals surface area contributed by atoms with Crippen molar-refractivity contribution in [2.45, 2.75) is 80.1 Å². The van der Waals surface area contributed by atoms with Crippen LogP contribution in [0.25, 0.3) is 0 Å². The summed E-state index contributed by atoms with van der Waals surface area (Å²) in [5.41, 5.74) is 4.35. The maximum Gasteiger partial charge on any atom is 0.130 e. The van der Waals surface area contributed by atoms with Crippen LogP contribution in [0.5, 0.6) is 0 Å². The van der Waals surface area contributed by atoms with Crippen LogP contribution >= 0.6 is 0 Å². The Morgan fingerprint density at radius 1 is 0.533 bits per heavy atom. The predicted octanol–water partition coefficient (Wildman–Crippen LogP) is 5.73. The van der Waals surface area contributed by atoms with Crippen molar-refractivity contribution in [3.8, 4) is 0 Å². The third kappa shape index (κ3) is 9.63. The van der Waals surface area contributed by atoms with E-state index in [1.807, 2.05) is 51.8 Å². The largest absolute Gasteiger partial charge is 0.258 e. The molecule has 0 aliphatic heterocycles. The van der Waals surface area contributed by atoms with Crippen LogP contribution in [0.1, 0.15) is 93.5 Å². The molecule has 3 rings (SSSR count). The average molecular weight is 409 g/mol. The number of aromatic nitrogens is 6. The van der Waals surface area contributed by atoms with Gasteiger partial charge >= 0.3 is 0 Å². The van der Waals surface area contributed by atoms with Gasteiger partial charge in [-0.25, -0.2) is 19.9 Å². The average Bonchev–Trinajstić information content (AvgIpc) is 2.70. The molecule has 30 heavy (non-hydrogen) atoms. The number of hydrogen-bond acceptors (Lipinski definition) is 6. The Kier molecular flexibility index (Phi) is 10.7. The van der Waals surface area contributed by atoms with E-state index in [1.165, 1.54) is 5.56 Å². The molecule has 0 aliphatic carbocycles. The fraction of sp³-hybridized carbons (Fsp3) is 0.500. The summed E-state index contributed by atoms with van der Waals surface area (Å²) in [7, 11) is 0. The summed E-state index contributed by atoms with van der Waals surface area (Å²) in [4.78, 5) is 24.9. The molecule has 0 atom stereocenters. The van der Waals surface area contributed by atoms with Crippen molar-refractivity contribution in [2.24, 2.45) is 0 Å². The lowest BCUT2D eigenvalue weighted by Crippen LogP contribution is -1.95. The number of rotatable bonds is 3. The van der Waals surface area contributed by atoms with Crippen molar-refractivity contribution in [2.75, 3.05) is 0 Å². The van der Waals surface area contributed by atoms with Crippen LogP contribution < -0.4 is 0 Å².